The lowest BCUT2D eigenvalue weighted by atomic mass is 10.1. The molecular weight excluding hydrogens is 275 g/mol. The number of nitrogens with one attached hydrogen (secondary N) is 1. The zero-order valence-electron chi connectivity index (χ0n) is 12.3. The predicted molar refractivity (Wildman–Crippen MR) is 79.6 cm³/mol. The Morgan fingerprint density at radius 3 is 2.67 bits per heavy atom. The van der Waals surface area contributed by atoms with Crippen molar-refractivity contribution >= 4 is 23.6 Å². The maximum absolute atomic E-state index is 13.8. The number of amides is 1. The molecule has 1 rings (SSSR count). The highest BCUT2D eigenvalue weighted by Gasteiger charge is 2.13. The average Bonchev–Trinajstić information content (AvgIpc) is 2.35. The molecule has 0 spiro atoms. The second-order valence-electron chi connectivity index (χ2n) is 4.92. The summed E-state index contributed by atoms with van der Waals surface area (Å²) in [6, 6.07) is 4.41. The van der Waals surface area contributed by atoms with E-state index >= 15 is 0 Å². The van der Waals surface area contributed by atoms with E-state index in [1.807, 2.05) is 13.8 Å². The Labute approximate surface area is 123 Å². The van der Waals surface area contributed by atoms with Crippen LogP contribution in [-0.4, -0.2) is 36.6 Å². The van der Waals surface area contributed by atoms with Gasteiger partial charge in [0.2, 0.25) is 5.91 Å². The number of benzene rings is 1. The minimum atomic E-state index is -1.16. The van der Waals surface area contributed by atoms with Crippen molar-refractivity contribution in [2.24, 2.45) is 0 Å². The molecule has 0 saturated heterocycles. The van der Waals surface area contributed by atoms with E-state index < -0.39 is 11.8 Å². The highest BCUT2D eigenvalue weighted by atomic mass is 19.1. The largest absolute Gasteiger partial charge is 0.478 e. The standard InChI is InChI=1S/C15H19FN2O3/c1-10(2)17-14(19)9-18(3)13-6-4-5-12(16)11(13)7-8-15(20)21/h4-8,10H,9H2,1-3H3,(H,17,19)(H,20,21)/b8-7+. The fourth-order valence-corrected chi connectivity index (χ4v) is 1.85. The SMILES string of the molecule is CC(C)NC(=O)CN(C)c1cccc(F)c1/C=C/C(=O)O. The van der Waals surface area contributed by atoms with Crippen LogP contribution in [0.1, 0.15) is 19.4 Å². The molecule has 0 heterocycles. The summed E-state index contributed by atoms with van der Waals surface area (Å²) in [6.45, 7) is 3.75. The van der Waals surface area contributed by atoms with Crippen molar-refractivity contribution in [1.82, 2.24) is 5.32 Å². The van der Waals surface area contributed by atoms with Gasteiger partial charge in [-0.3, -0.25) is 4.79 Å². The number of rotatable bonds is 6. The van der Waals surface area contributed by atoms with Gasteiger partial charge in [0.15, 0.2) is 0 Å². The predicted octanol–water partition coefficient (Wildman–Crippen LogP) is 1.88. The lowest BCUT2D eigenvalue weighted by Crippen LogP contribution is -2.38. The zero-order chi connectivity index (χ0) is 16.0. The molecule has 2 N–H and O–H groups in total. The number of halogens is 1. The lowest BCUT2D eigenvalue weighted by molar-refractivity contribution is -0.131. The highest BCUT2D eigenvalue weighted by molar-refractivity contribution is 5.88. The first-order valence-electron chi connectivity index (χ1n) is 6.51. The zero-order valence-corrected chi connectivity index (χ0v) is 12.3. The molecule has 0 radical (unpaired) electrons. The van der Waals surface area contributed by atoms with Gasteiger partial charge >= 0.3 is 5.97 Å². The summed E-state index contributed by atoms with van der Waals surface area (Å²) < 4.78 is 13.8. The summed E-state index contributed by atoms with van der Waals surface area (Å²) in [5.74, 6) is -1.89. The smallest absolute Gasteiger partial charge is 0.328 e. The van der Waals surface area contributed by atoms with Crippen molar-refractivity contribution in [1.29, 1.82) is 0 Å². The van der Waals surface area contributed by atoms with Crippen LogP contribution in [-0.2, 0) is 9.59 Å². The molecule has 0 aliphatic carbocycles. The van der Waals surface area contributed by atoms with Crippen molar-refractivity contribution in [2.75, 3.05) is 18.5 Å². The Kier molecular flexibility index (Phi) is 5.90. The molecule has 0 unspecified atom stereocenters. The molecule has 0 atom stereocenters. The van der Waals surface area contributed by atoms with Gasteiger partial charge < -0.3 is 15.3 Å². The van der Waals surface area contributed by atoms with Gasteiger partial charge in [-0.25, -0.2) is 9.18 Å². The molecule has 0 aliphatic heterocycles. The molecule has 0 aliphatic rings. The van der Waals surface area contributed by atoms with Gasteiger partial charge in [0.25, 0.3) is 0 Å². The van der Waals surface area contributed by atoms with E-state index in [9.17, 15) is 14.0 Å². The minimum absolute atomic E-state index is 0.0183. The Bertz CT molecular complexity index is 556. The first-order chi connectivity index (χ1) is 9.81. The van der Waals surface area contributed by atoms with Gasteiger partial charge in [-0.1, -0.05) is 6.07 Å². The van der Waals surface area contributed by atoms with Gasteiger partial charge in [-0.2, -0.15) is 0 Å². The maximum atomic E-state index is 13.8. The molecule has 0 aromatic heterocycles. The van der Waals surface area contributed by atoms with Crippen molar-refractivity contribution in [2.45, 2.75) is 19.9 Å². The van der Waals surface area contributed by atoms with Crippen molar-refractivity contribution in [3.8, 4) is 0 Å². The molecule has 0 fully saturated rings. The van der Waals surface area contributed by atoms with Crippen LogP contribution in [0.3, 0.4) is 0 Å². The van der Waals surface area contributed by atoms with Gasteiger partial charge in [0.05, 0.1) is 6.54 Å². The quantitative estimate of drug-likeness (QED) is 0.786. The molecule has 0 bridgehead atoms. The first kappa shape index (κ1) is 16.7. The summed E-state index contributed by atoms with van der Waals surface area (Å²) in [7, 11) is 1.65. The molecule has 0 saturated carbocycles. The minimum Gasteiger partial charge on any atom is -0.478 e. The van der Waals surface area contributed by atoms with Crippen LogP contribution >= 0.6 is 0 Å². The molecule has 5 nitrogen and oxygen atoms in total. The number of nitrogens with zero attached hydrogens (tertiary/aromatic N) is 1. The van der Waals surface area contributed by atoms with E-state index in [0.29, 0.717) is 5.69 Å². The Morgan fingerprint density at radius 2 is 2.10 bits per heavy atom. The Morgan fingerprint density at radius 1 is 1.43 bits per heavy atom. The number of hydrogen-bond donors (Lipinski definition) is 2. The van der Waals surface area contributed by atoms with E-state index in [2.05, 4.69) is 5.32 Å². The van der Waals surface area contributed by atoms with Crippen LogP contribution < -0.4 is 10.2 Å². The molecule has 21 heavy (non-hydrogen) atoms. The summed E-state index contributed by atoms with van der Waals surface area (Å²) >= 11 is 0. The number of carboxylic acid groups (broad SMARTS) is 1. The molecule has 1 amide bonds. The fraction of sp³-hybridized carbons (Fsp3) is 0.333. The second-order valence-corrected chi connectivity index (χ2v) is 4.92. The van der Waals surface area contributed by atoms with Crippen LogP contribution in [0, 0.1) is 5.82 Å². The number of aliphatic carboxylic acids is 1. The average molecular weight is 294 g/mol. The topological polar surface area (TPSA) is 69.6 Å². The summed E-state index contributed by atoms with van der Waals surface area (Å²) in [5.41, 5.74) is 0.589. The van der Waals surface area contributed by atoms with Gasteiger partial charge in [-0.05, 0) is 32.1 Å². The molecule has 114 valence electrons. The van der Waals surface area contributed by atoms with Crippen LogP contribution in [0.15, 0.2) is 24.3 Å². The number of carboxylic acids is 1. The normalized spacial score (nSPS) is 10.9. The second kappa shape index (κ2) is 7.42. The summed E-state index contributed by atoms with van der Waals surface area (Å²) in [6.07, 6.45) is 2.05. The van der Waals surface area contributed by atoms with Crippen LogP contribution in [0.4, 0.5) is 10.1 Å². The number of hydrogen-bond acceptors (Lipinski definition) is 3. The van der Waals surface area contributed by atoms with E-state index in [1.54, 1.807) is 18.0 Å². The third-order valence-corrected chi connectivity index (χ3v) is 2.66. The Balaban J connectivity index is 2.98. The number of carbonyl (C=O) groups is 2. The first-order valence-corrected chi connectivity index (χ1v) is 6.51. The van der Waals surface area contributed by atoms with Gasteiger partial charge in [0, 0.05) is 30.4 Å². The number of anilines is 1. The van der Waals surface area contributed by atoms with Crippen LogP contribution in [0.25, 0.3) is 6.08 Å². The summed E-state index contributed by atoms with van der Waals surface area (Å²) in [5, 5.41) is 11.4. The van der Waals surface area contributed by atoms with Crippen molar-refractivity contribution in [3.05, 3.63) is 35.7 Å². The monoisotopic (exact) mass is 294 g/mol. The van der Waals surface area contributed by atoms with Crippen LogP contribution in [0.2, 0.25) is 0 Å². The third kappa shape index (κ3) is 5.25. The van der Waals surface area contributed by atoms with Gasteiger partial charge in [-0.15, -0.1) is 0 Å². The van der Waals surface area contributed by atoms with E-state index in [1.165, 1.54) is 18.2 Å². The lowest BCUT2D eigenvalue weighted by Gasteiger charge is -2.22. The third-order valence-electron chi connectivity index (χ3n) is 2.66. The van der Waals surface area contributed by atoms with E-state index in [-0.39, 0.29) is 24.1 Å². The van der Waals surface area contributed by atoms with E-state index in [4.69, 9.17) is 5.11 Å². The molecule has 6 heteroatoms. The summed E-state index contributed by atoms with van der Waals surface area (Å²) in [4.78, 5) is 23.9. The fourth-order valence-electron chi connectivity index (χ4n) is 1.85. The van der Waals surface area contributed by atoms with Crippen molar-refractivity contribution < 1.29 is 19.1 Å². The Hall–Kier alpha value is -2.37. The molecular formula is C15H19FN2O3. The molecule has 1 aromatic rings. The van der Waals surface area contributed by atoms with E-state index in [0.717, 1.165) is 6.08 Å². The molecule has 1 aromatic carbocycles. The number of likely N-dealkylation sites (N-methyl/N-ethyl adjacent to an activating group) is 1. The highest BCUT2D eigenvalue weighted by Crippen LogP contribution is 2.23. The number of carbonyl (C=O) groups excluding carboxylic acids is 1. The maximum Gasteiger partial charge on any atom is 0.328 e. The van der Waals surface area contributed by atoms with Crippen molar-refractivity contribution in [3.63, 3.8) is 0 Å². The van der Waals surface area contributed by atoms with Gasteiger partial charge in [0.1, 0.15) is 5.82 Å². The van der Waals surface area contributed by atoms with Crippen LogP contribution in [0.5, 0.6) is 0 Å².